The SMILES string of the molecule is C=CCn1nc(C(=O)N2CCCCCC2)c2c1CCC(NCCCOCC)C2. The van der Waals surface area contributed by atoms with Crippen LogP contribution >= 0.6 is 0 Å². The van der Waals surface area contributed by atoms with Gasteiger partial charge in [-0.15, -0.1) is 6.58 Å². The molecule has 1 aliphatic carbocycles. The number of allylic oxidation sites excluding steroid dienone is 1. The molecule has 1 aromatic rings. The molecule has 28 heavy (non-hydrogen) atoms. The highest BCUT2D eigenvalue weighted by Gasteiger charge is 2.31. The van der Waals surface area contributed by atoms with Gasteiger partial charge in [0.15, 0.2) is 5.69 Å². The fourth-order valence-electron chi connectivity index (χ4n) is 4.36. The van der Waals surface area contributed by atoms with Crippen molar-refractivity contribution < 1.29 is 9.53 Å². The van der Waals surface area contributed by atoms with Crippen LogP contribution in [0.25, 0.3) is 0 Å². The maximum Gasteiger partial charge on any atom is 0.274 e. The van der Waals surface area contributed by atoms with E-state index >= 15 is 0 Å². The highest BCUT2D eigenvalue weighted by molar-refractivity contribution is 5.94. The zero-order chi connectivity index (χ0) is 19.8. The number of likely N-dealkylation sites (tertiary alicyclic amines) is 1. The molecule has 156 valence electrons. The van der Waals surface area contributed by atoms with E-state index < -0.39 is 0 Å². The van der Waals surface area contributed by atoms with E-state index in [1.165, 1.54) is 18.5 Å². The van der Waals surface area contributed by atoms with Gasteiger partial charge >= 0.3 is 0 Å². The van der Waals surface area contributed by atoms with Gasteiger partial charge in [-0.1, -0.05) is 18.9 Å². The predicted molar refractivity (Wildman–Crippen MR) is 112 cm³/mol. The van der Waals surface area contributed by atoms with Gasteiger partial charge in [0.1, 0.15) is 0 Å². The van der Waals surface area contributed by atoms with Crippen molar-refractivity contribution in [2.24, 2.45) is 0 Å². The van der Waals surface area contributed by atoms with Gasteiger partial charge in [0.2, 0.25) is 0 Å². The molecule has 0 bridgehead atoms. The van der Waals surface area contributed by atoms with E-state index in [0.29, 0.717) is 18.3 Å². The van der Waals surface area contributed by atoms with Crippen molar-refractivity contribution >= 4 is 5.91 Å². The van der Waals surface area contributed by atoms with E-state index in [0.717, 1.165) is 76.9 Å². The van der Waals surface area contributed by atoms with Crippen LogP contribution in [0.1, 0.15) is 67.2 Å². The van der Waals surface area contributed by atoms with Crippen molar-refractivity contribution in [2.75, 3.05) is 32.8 Å². The maximum atomic E-state index is 13.3. The number of nitrogens with zero attached hydrogens (tertiary/aromatic N) is 3. The topological polar surface area (TPSA) is 59.4 Å². The Bertz CT molecular complexity index is 647. The number of hydrogen-bond acceptors (Lipinski definition) is 4. The number of aromatic nitrogens is 2. The molecule has 0 radical (unpaired) electrons. The average molecular weight is 389 g/mol. The van der Waals surface area contributed by atoms with Crippen molar-refractivity contribution in [1.82, 2.24) is 20.0 Å². The number of rotatable bonds is 9. The highest BCUT2D eigenvalue weighted by atomic mass is 16.5. The van der Waals surface area contributed by atoms with E-state index in [9.17, 15) is 4.79 Å². The number of carbonyl (C=O) groups excluding carboxylic acids is 1. The third-order valence-electron chi connectivity index (χ3n) is 5.85. The molecule has 1 aliphatic heterocycles. The number of carbonyl (C=O) groups is 1. The second kappa shape index (κ2) is 10.8. The van der Waals surface area contributed by atoms with Crippen LogP contribution < -0.4 is 5.32 Å². The molecule has 1 amide bonds. The molecule has 6 nitrogen and oxygen atoms in total. The molecule has 0 aromatic carbocycles. The van der Waals surface area contributed by atoms with Crippen LogP contribution in [0.5, 0.6) is 0 Å². The molecule has 0 spiro atoms. The molecule has 3 rings (SSSR count). The first-order chi connectivity index (χ1) is 13.7. The number of hydrogen-bond donors (Lipinski definition) is 1. The number of fused-ring (bicyclic) bond motifs is 1. The van der Waals surface area contributed by atoms with E-state index in [1.54, 1.807) is 0 Å². The maximum absolute atomic E-state index is 13.3. The summed E-state index contributed by atoms with van der Waals surface area (Å²) < 4.78 is 7.42. The standard InChI is InChI=1S/C22H36N4O2/c1-3-13-26-20-11-10-18(23-12-9-16-28-4-2)17-19(20)21(24-26)22(27)25-14-7-5-6-8-15-25/h3,18,23H,1,4-17H2,2H3. The number of amides is 1. The Hall–Kier alpha value is -1.66. The summed E-state index contributed by atoms with van der Waals surface area (Å²) in [5.41, 5.74) is 3.06. The van der Waals surface area contributed by atoms with E-state index in [1.807, 2.05) is 22.6 Å². The van der Waals surface area contributed by atoms with Gasteiger partial charge in [-0.25, -0.2) is 0 Å². The first-order valence-electron chi connectivity index (χ1n) is 11.0. The van der Waals surface area contributed by atoms with Gasteiger partial charge in [-0.05, 0) is 52.0 Å². The highest BCUT2D eigenvalue weighted by Crippen LogP contribution is 2.26. The van der Waals surface area contributed by atoms with Crippen molar-refractivity contribution in [3.8, 4) is 0 Å². The molecule has 2 aliphatic rings. The summed E-state index contributed by atoms with van der Waals surface area (Å²) in [6.45, 7) is 10.8. The van der Waals surface area contributed by atoms with Crippen molar-refractivity contribution in [3.63, 3.8) is 0 Å². The lowest BCUT2D eigenvalue weighted by Gasteiger charge is -2.25. The molecule has 1 N–H and O–H groups in total. The molecule has 1 saturated heterocycles. The summed E-state index contributed by atoms with van der Waals surface area (Å²) in [6.07, 6.45) is 10.5. The zero-order valence-corrected chi connectivity index (χ0v) is 17.4. The smallest absolute Gasteiger partial charge is 0.274 e. The lowest BCUT2D eigenvalue weighted by molar-refractivity contribution is 0.0753. The largest absolute Gasteiger partial charge is 0.382 e. The van der Waals surface area contributed by atoms with Gasteiger partial charge in [0.05, 0.1) is 6.54 Å². The molecular weight excluding hydrogens is 352 g/mol. The van der Waals surface area contributed by atoms with E-state index in [4.69, 9.17) is 9.84 Å². The second-order valence-electron chi connectivity index (χ2n) is 7.90. The van der Waals surface area contributed by atoms with Crippen LogP contribution in [0, 0.1) is 0 Å². The normalized spacial score (nSPS) is 19.9. The van der Waals surface area contributed by atoms with Gasteiger partial charge in [-0.2, -0.15) is 5.10 Å². The molecule has 2 heterocycles. The molecule has 1 atom stereocenters. The number of nitrogens with one attached hydrogen (secondary N) is 1. The molecule has 1 aromatic heterocycles. The third kappa shape index (κ3) is 5.23. The Labute approximate surface area is 169 Å². The second-order valence-corrected chi connectivity index (χ2v) is 7.90. The van der Waals surface area contributed by atoms with Gasteiger partial charge in [0, 0.05) is 43.6 Å². The summed E-state index contributed by atoms with van der Waals surface area (Å²) in [6, 6.07) is 0.409. The van der Waals surface area contributed by atoms with Crippen LogP contribution in [0.2, 0.25) is 0 Å². The summed E-state index contributed by atoms with van der Waals surface area (Å²) in [7, 11) is 0. The van der Waals surface area contributed by atoms with Crippen LogP contribution in [-0.4, -0.2) is 59.5 Å². The van der Waals surface area contributed by atoms with Gasteiger partial charge in [0.25, 0.3) is 5.91 Å². The number of ether oxygens (including phenoxy) is 1. The lowest BCUT2D eigenvalue weighted by atomic mass is 9.91. The Balaban J connectivity index is 1.71. The minimum Gasteiger partial charge on any atom is -0.382 e. The molecule has 6 heteroatoms. The lowest BCUT2D eigenvalue weighted by Crippen LogP contribution is -2.37. The van der Waals surface area contributed by atoms with E-state index in [-0.39, 0.29) is 5.91 Å². The van der Waals surface area contributed by atoms with Crippen molar-refractivity contribution in [3.05, 3.63) is 29.6 Å². The Morgan fingerprint density at radius 2 is 2.11 bits per heavy atom. The Kier molecular flexibility index (Phi) is 8.10. The first-order valence-corrected chi connectivity index (χ1v) is 11.0. The molecule has 1 unspecified atom stereocenters. The quantitative estimate of drug-likeness (QED) is 0.522. The van der Waals surface area contributed by atoms with Crippen LogP contribution in [0.3, 0.4) is 0 Å². The minimum atomic E-state index is 0.123. The zero-order valence-electron chi connectivity index (χ0n) is 17.4. The van der Waals surface area contributed by atoms with Gasteiger partial charge < -0.3 is 15.0 Å². The summed E-state index contributed by atoms with van der Waals surface area (Å²) in [5.74, 6) is 0.123. The fraction of sp³-hybridized carbons (Fsp3) is 0.727. The predicted octanol–water partition coefficient (Wildman–Crippen LogP) is 2.96. The Morgan fingerprint density at radius 1 is 1.32 bits per heavy atom. The van der Waals surface area contributed by atoms with Crippen molar-refractivity contribution in [1.29, 1.82) is 0 Å². The molecular formula is C22H36N4O2. The summed E-state index contributed by atoms with van der Waals surface area (Å²) in [4.78, 5) is 15.3. The van der Waals surface area contributed by atoms with E-state index in [2.05, 4.69) is 11.9 Å². The molecule has 0 saturated carbocycles. The summed E-state index contributed by atoms with van der Waals surface area (Å²) >= 11 is 0. The van der Waals surface area contributed by atoms with Crippen LogP contribution in [0.15, 0.2) is 12.7 Å². The Morgan fingerprint density at radius 3 is 2.82 bits per heavy atom. The van der Waals surface area contributed by atoms with Crippen LogP contribution in [0.4, 0.5) is 0 Å². The van der Waals surface area contributed by atoms with Crippen molar-refractivity contribution in [2.45, 2.75) is 70.9 Å². The third-order valence-corrected chi connectivity index (χ3v) is 5.85. The van der Waals surface area contributed by atoms with Gasteiger partial charge in [-0.3, -0.25) is 9.48 Å². The van der Waals surface area contributed by atoms with Crippen LogP contribution in [-0.2, 0) is 24.1 Å². The first kappa shape index (κ1) is 21.1. The summed E-state index contributed by atoms with van der Waals surface area (Å²) in [5, 5.41) is 8.41. The molecule has 1 fully saturated rings. The average Bonchev–Trinajstić information content (AvgIpc) is 2.88. The fourth-order valence-corrected chi connectivity index (χ4v) is 4.36. The minimum absolute atomic E-state index is 0.123. The monoisotopic (exact) mass is 388 g/mol.